The van der Waals surface area contributed by atoms with Gasteiger partial charge in [0.2, 0.25) is 0 Å². The Labute approximate surface area is 176 Å². The third-order valence-electron chi connectivity index (χ3n) is 5.43. The number of carbonyl (C=O) groups is 2. The fourth-order valence-electron chi connectivity index (χ4n) is 3.94. The van der Waals surface area contributed by atoms with Crippen molar-refractivity contribution in [2.75, 3.05) is 45.1 Å². The Kier molecular flexibility index (Phi) is 5.61. The second-order valence-corrected chi connectivity index (χ2v) is 7.18. The molecular formula is C23H25FN4O2. The van der Waals surface area contributed by atoms with Gasteiger partial charge in [0.25, 0.3) is 11.7 Å². The Bertz CT molecular complexity index is 1030. The third kappa shape index (κ3) is 3.70. The number of fused-ring (bicyclic) bond motifs is 1. The lowest BCUT2D eigenvalue weighted by Crippen LogP contribution is -2.52. The molecule has 0 radical (unpaired) electrons. The second kappa shape index (κ2) is 8.49. The number of carbonyl (C=O) groups excluding carboxylic acids is 2. The van der Waals surface area contributed by atoms with Gasteiger partial charge in [0, 0.05) is 63.6 Å². The fraction of sp³-hybridized carbons (Fsp3) is 0.261. The Morgan fingerprint density at radius 1 is 1.00 bits per heavy atom. The molecule has 2 aliphatic rings. The van der Waals surface area contributed by atoms with Crippen LogP contribution in [0.15, 0.2) is 59.6 Å². The average molecular weight is 408 g/mol. The largest absolute Gasteiger partial charge is 0.381 e. The number of nitrogens with zero attached hydrogens (tertiary/aromatic N) is 3. The molecule has 0 spiro atoms. The summed E-state index contributed by atoms with van der Waals surface area (Å²) in [5.74, 6) is -0.898. The van der Waals surface area contributed by atoms with Crippen LogP contribution in [0.3, 0.4) is 0 Å². The van der Waals surface area contributed by atoms with Crippen molar-refractivity contribution >= 4 is 28.8 Å². The number of hydrogen-bond donors (Lipinski definition) is 1. The number of nitrogens with one attached hydrogen (secondary N) is 1. The minimum atomic E-state index is -0.663. The standard InChI is InChI=1S/C23H23FN4O2.H2/c1-25-22(16-6-3-2-4-7-16)27-12-14-28(15-13-27)23(30)21(29)17-10-11-26-19-9-5-8-18(24)20(17)19;/h2-10,26H,11-15H2,1H3;1H. The summed E-state index contributed by atoms with van der Waals surface area (Å²) in [7, 11) is 1.75. The van der Waals surface area contributed by atoms with Gasteiger partial charge < -0.3 is 15.1 Å². The topological polar surface area (TPSA) is 65.0 Å². The molecule has 1 fully saturated rings. The first-order valence-electron chi connectivity index (χ1n) is 9.94. The van der Waals surface area contributed by atoms with Crippen molar-refractivity contribution in [3.05, 3.63) is 71.6 Å². The summed E-state index contributed by atoms with van der Waals surface area (Å²) < 4.78 is 14.3. The highest BCUT2D eigenvalue weighted by Crippen LogP contribution is 2.31. The highest BCUT2D eigenvalue weighted by molar-refractivity contribution is 6.53. The van der Waals surface area contributed by atoms with E-state index < -0.39 is 17.5 Å². The van der Waals surface area contributed by atoms with Crippen LogP contribution < -0.4 is 5.32 Å². The fourth-order valence-corrected chi connectivity index (χ4v) is 3.94. The van der Waals surface area contributed by atoms with Gasteiger partial charge in [0.1, 0.15) is 11.7 Å². The summed E-state index contributed by atoms with van der Waals surface area (Å²) in [5, 5.41) is 3.03. The van der Waals surface area contributed by atoms with Gasteiger partial charge in [0.05, 0.1) is 0 Å². The van der Waals surface area contributed by atoms with Gasteiger partial charge in [-0.15, -0.1) is 0 Å². The number of anilines is 1. The molecule has 6 nitrogen and oxygen atoms in total. The Morgan fingerprint density at radius 3 is 2.40 bits per heavy atom. The van der Waals surface area contributed by atoms with Crippen LogP contribution in [-0.2, 0) is 9.59 Å². The van der Waals surface area contributed by atoms with Crippen LogP contribution in [-0.4, -0.2) is 67.1 Å². The van der Waals surface area contributed by atoms with E-state index in [1.165, 1.54) is 6.07 Å². The van der Waals surface area contributed by atoms with Gasteiger partial charge >= 0.3 is 0 Å². The van der Waals surface area contributed by atoms with E-state index in [0.717, 1.165) is 11.4 Å². The van der Waals surface area contributed by atoms with Crippen LogP contribution in [0, 0.1) is 5.82 Å². The highest BCUT2D eigenvalue weighted by Gasteiger charge is 2.32. The number of halogens is 1. The maximum Gasteiger partial charge on any atom is 0.295 e. The van der Waals surface area contributed by atoms with Crippen LogP contribution in [0.2, 0.25) is 0 Å². The van der Waals surface area contributed by atoms with E-state index in [-0.39, 0.29) is 12.6 Å². The predicted octanol–water partition coefficient (Wildman–Crippen LogP) is 2.67. The van der Waals surface area contributed by atoms with Crippen LogP contribution in [0.4, 0.5) is 10.1 Å². The van der Waals surface area contributed by atoms with Crippen molar-refractivity contribution in [2.45, 2.75) is 0 Å². The Hall–Kier alpha value is -3.48. The third-order valence-corrected chi connectivity index (χ3v) is 5.43. The van der Waals surface area contributed by atoms with Crippen molar-refractivity contribution in [1.82, 2.24) is 9.80 Å². The molecule has 0 atom stereocenters. The molecule has 1 saturated heterocycles. The molecule has 2 aromatic rings. The lowest BCUT2D eigenvalue weighted by Gasteiger charge is -2.36. The molecule has 0 saturated carbocycles. The zero-order valence-electron chi connectivity index (χ0n) is 16.8. The molecule has 2 aliphatic heterocycles. The number of aliphatic imine (C=N–C) groups is 1. The quantitative estimate of drug-likeness (QED) is 0.482. The summed E-state index contributed by atoms with van der Waals surface area (Å²) >= 11 is 0. The first kappa shape index (κ1) is 19.8. The van der Waals surface area contributed by atoms with Gasteiger partial charge in [-0.1, -0.05) is 42.5 Å². The second-order valence-electron chi connectivity index (χ2n) is 7.18. The molecule has 1 amide bonds. The molecule has 30 heavy (non-hydrogen) atoms. The van der Waals surface area contributed by atoms with Crippen molar-refractivity contribution in [3.63, 3.8) is 0 Å². The maximum atomic E-state index is 14.3. The minimum Gasteiger partial charge on any atom is -0.381 e. The van der Waals surface area contributed by atoms with Gasteiger partial charge in [0.15, 0.2) is 0 Å². The number of piperazine rings is 1. The smallest absolute Gasteiger partial charge is 0.295 e. The van der Waals surface area contributed by atoms with E-state index in [4.69, 9.17) is 0 Å². The van der Waals surface area contributed by atoms with E-state index in [0.29, 0.717) is 38.4 Å². The van der Waals surface area contributed by atoms with Crippen molar-refractivity contribution < 1.29 is 15.4 Å². The minimum absolute atomic E-state index is 0. The van der Waals surface area contributed by atoms with E-state index in [1.54, 1.807) is 30.2 Å². The van der Waals surface area contributed by atoms with E-state index in [9.17, 15) is 14.0 Å². The maximum absolute atomic E-state index is 14.3. The van der Waals surface area contributed by atoms with Crippen LogP contribution in [0.25, 0.3) is 5.57 Å². The summed E-state index contributed by atoms with van der Waals surface area (Å²) in [5.41, 5.74) is 1.85. The van der Waals surface area contributed by atoms with E-state index >= 15 is 0 Å². The Balaban J connectivity index is 0.00000272. The molecule has 7 heteroatoms. The number of ketones is 1. The number of amidine groups is 1. The lowest BCUT2D eigenvalue weighted by atomic mass is 9.95. The molecule has 0 unspecified atom stereocenters. The first-order valence-corrected chi connectivity index (χ1v) is 9.94. The van der Waals surface area contributed by atoms with Crippen LogP contribution in [0.5, 0.6) is 0 Å². The van der Waals surface area contributed by atoms with Crippen molar-refractivity contribution in [1.29, 1.82) is 0 Å². The SMILES string of the molecule is CN=C(c1ccccc1)N1CCN(C(=O)C(=O)C2=CCNc3cccc(F)c32)CC1.[HH]. The van der Waals surface area contributed by atoms with Crippen molar-refractivity contribution in [2.24, 2.45) is 4.99 Å². The molecule has 2 aromatic carbocycles. The molecule has 156 valence electrons. The normalized spacial score (nSPS) is 16.5. The lowest BCUT2D eigenvalue weighted by molar-refractivity contribution is -0.142. The average Bonchev–Trinajstić information content (AvgIpc) is 2.80. The van der Waals surface area contributed by atoms with Gasteiger partial charge in [-0.05, 0) is 12.1 Å². The zero-order chi connectivity index (χ0) is 21.1. The van der Waals surface area contributed by atoms with Crippen molar-refractivity contribution in [3.8, 4) is 0 Å². The number of hydrogen-bond acceptors (Lipinski definition) is 4. The highest BCUT2D eigenvalue weighted by atomic mass is 19.1. The molecular weight excluding hydrogens is 383 g/mol. The first-order chi connectivity index (χ1) is 14.6. The van der Waals surface area contributed by atoms with E-state index in [1.807, 2.05) is 30.3 Å². The molecule has 0 aromatic heterocycles. The summed E-state index contributed by atoms with van der Waals surface area (Å²) in [6.45, 7) is 2.35. The van der Waals surface area contributed by atoms with E-state index in [2.05, 4.69) is 15.2 Å². The van der Waals surface area contributed by atoms with Crippen LogP contribution >= 0.6 is 0 Å². The monoisotopic (exact) mass is 408 g/mol. The van der Waals surface area contributed by atoms with Gasteiger partial charge in [-0.3, -0.25) is 14.6 Å². The van der Waals surface area contributed by atoms with Crippen LogP contribution in [0.1, 0.15) is 12.6 Å². The number of rotatable bonds is 3. The summed E-state index contributed by atoms with van der Waals surface area (Å²) in [4.78, 5) is 33.9. The number of amides is 1. The van der Waals surface area contributed by atoms with Gasteiger partial charge in [-0.25, -0.2) is 4.39 Å². The predicted molar refractivity (Wildman–Crippen MR) is 117 cm³/mol. The van der Waals surface area contributed by atoms with Gasteiger partial charge in [-0.2, -0.15) is 0 Å². The Morgan fingerprint density at radius 2 is 1.70 bits per heavy atom. The summed E-state index contributed by atoms with van der Waals surface area (Å²) in [6, 6.07) is 14.5. The molecule has 2 heterocycles. The molecule has 0 aliphatic carbocycles. The molecule has 0 bridgehead atoms. The molecule has 1 N–H and O–H groups in total. The zero-order valence-corrected chi connectivity index (χ0v) is 16.8. The number of benzene rings is 2. The number of Topliss-reactive ketones (excluding diaryl/α,β-unsaturated/α-hetero) is 1. The summed E-state index contributed by atoms with van der Waals surface area (Å²) in [6.07, 6.45) is 1.58. The molecule has 4 rings (SSSR count).